The van der Waals surface area contributed by atoms with Gasteiger partial charge in [0.05, 0.1) is 11.7 Å². The standard InChI is InChI=1S/C15H25BrO2/c1-9(2)12(17)10-5-7-14(3)11(16)6-8-15(4,18)13(10)14/h10-13,17-18H,1,5-8H2,2-4H3/t10-,11-,12-,13?,14+,15+/m0/s1. The van der Waals surface area contributed by atoms with Gasteiger partial charge in [-0.2, -0.15) is 0 Å². The Balaban J connectivity index is 2.35. The maximum atomic E-state index is 10.8. The lowest BCUT2D eigenvalue weighted by Crippen LogP contribution is -2.54. The lowest BCUT2D eigenvalue weighted by molar-refractivity contribution is -0.106. The van der Waals surface area contributed by atoms with Crippen LogP contribution in [0, 0.1) is 17.3 Å². The van der Waals surface area contributed by atoms with Crippen LogP contribution in [0.25, 0.3) is 0 Å². The zero-order chi connectivity index (χ0) is 13.7. The zero-order valence-corrected chi connectivity index (χ0v) is 13.2. The first-order valence-corrected chi connectivity index (χ1v) is 7.81. The van der Waals surface area contributed by atoms with Gasteiger partial charge >= 0.3 is 0 Å². The molecule has 0 aromatic rings. The van der Waals surface area contributed by atoms with Crippen LogP contribution in [0.5, 0.6) is 0 Å². The lowest BCUT2D eigenvalue weighted by atomic mass is 9.59. The molecule has 2 nitrogen and oxygen atoms in total. The minimum Gasteiger partial charge on any atom is -0.390 e. The van der Waals surface area contributed by atoms with Crippen LogP contribution in [0.4, 0.5) is 0 Å². The van der Waals surface area contributed by atoms with Crippen molar-refractivity contribution in [2.24, 2.45) is 17.3 Å². The third-order valence-electron chi connectivity index (χ3n) is 5.35. The van der Waals surface area contributed by atoms with Crippen molar-refractivity contribution in [1.29, 1.82) is 0 Å². The minimum atomic E-state index is -0.670. The molecule has 2 fully saturated rings. The molecular formula is C15H25BrO2. The number of alkyl halides is 1. The molecule has 2 aliphatic rings. The van der Waals surface area contributed by atoms with Crippen molar-refractivity contribution in [2.75, 3.05) is 0 Å². The van der Waals surface area contributed by atoms with Crippen LogP contribution in [0.2, 0.25) is 0 Å². The van der Waals surface area contributed by atoms with E-state index in [1.165, 1.54) is 0 Å². The Morgan fingerprint density at radius 3 is 2.50 bits per heavy atom. The van der Waals surface area contributed by atoms with Crippen LogP contribution in [0.1, 0.15) is 46.5 Å². The second-order valence-corrected chi connectivity index (χ2v) is 7.95. The average Bonchev–Trinajstić information content (AvgIpc) is 2.64. The fourth-order valence-electron chi connectivity index (χ4n) is 4.42. The Bertz CT molecular complexity index is 352. The smallest absolute Gasteiger partial charge is 0.0776 e. The van der Waals surface area contributed by atoms with E-state index in [-0.39, 0.29) is 17.3 Å². The molecule has 1 unspecified atom stereocenters. The average molecular weight is 317 g/mol. The molecule has 2 aliphatic carbocycles. The van der Waals surface area contributed by atoms with Crippen LogP contribution < -0.4 is 0 Å². The highest BCUT2D eigenvalue weighted by atomic mass is 79.9. The highest BCUT2D eigenvalue weighted by Crippen LogP contribution is 2.61. The number of fused-ring (bicyclic) bond motifs is 1. The first-order valence-electron chi connectivity index (χ1n) is 6.90. The summed E-state index contributed by atoms with van der Waals surface area (Å²) >= 11 is 3.80. The van der Waals surface area contributed by atoms with Gasteiger partial charge in [-0.3, -0.25) is 0 Å². The molecule has 104 valence electrons. The van der Waals surface area contributed by atoms with Gasteiger partial charge in [-0.05, 0) is 56.8 Å². The molecule has 2 N–H and O–H groups in total. The molecule has 0 bridgehead atoms. The van der Waals surface area contributed by atoms with E-state index in [0.29, 0.717) is 4.83 Å². The third-order valence-corrected chi connectivity index (χ3v) is 6.86. The molecule has 0 amide bonds. The highest BCUT2D eigenvalue weighted by molar-refractivity contribution is 9.09. The van der Waals surface area contributed by atoms with Crippen molar-refractivity contribution < 1.29 is 10.2 Å². The number of halogens is 1. The maximum absolute atomic E-state index is 10.8. The van der Waals surface area contributed by atoms with E-state index in [9.17, 15) is 10.2 Å². The van der Waals surface area contributed by atoms with Crippen molar-refractivity contribution >= 4 is 15.9 Å². The van der Waals surface area contributed by atoms with E-state index < -0.39 is 11.7 Å². The summed E-state index contributed by atoms with van der Waals surface area (Å²) in [7, 11) is 0. The number of aliphatic hydroxyl groups excluding tert-OH is 1. The quantitative estimate of drug-likeness (QED) is 0.606. The molecule has 0 aromatic carbocycles. The molecule has 0 saturated heterocycles. The molecule has 0 aromatic heterocycles. The molecule has 2 rings (SSSR count). The van der Waals surface area contributed by atoms with Crippen LogP contribution in [0.3, 0.4) is 0 Å². The fourth-order valence-corrected chi connectivity index (χ4v) is 5.16. The predicted octanol–water partition coefficient (Wildman–Crippen LogP) is 3.26. The SMILES string of the molecule is C=C(C)[C@H](O)[C@@H]1CC[C@@]2(C)C1[C@](C)(O)CC[C@@H]2Br. The summed E-state index contributed by atoms with van der Waals surface area (Å²) in [6.45, 7) is 9.96. The van der Waals surface area contributed by atoms with Crippen molar-refractivity contribution in [3.63, 3.8) is 0 Å². The second kappa shape index (κ2) is 4.60. The first kappa shape index (κ1) is 14.5. The normalized spacial score (nSPS) is 49.8. The minimum absolute atomic E-state index is 0.0862. The highest BCUT2D eigenvalue weighted by Gasteiger charge is 2.59. The number of rotatable bonds is 2. The van der Waals surface area contributed by atoms with Crippen LogP contribution in [0.15, 0.2) is 12.2 Å². The molecule has 0 heterocycles. The molecule has 0 aliphatic heterocycles. The van der Waals surface area contributed by atoms with Crippen LogP contribution in [-0.2, 0) is 0 Å². The largest absolute Gasteiger partial charge is 0.390 e. The summed E-state index contributed by atoms with van der Waals surface area (Å²) in [5.41, 5.74) is 0.233. The summed E-state index contributed by atoms with van der Waals surface area (Å²) in [4.78, 5) is 0.442. The molecule has 18 heavy (non-hydrogen) atoms. The summed E-state index contributed by atoms with van der Waals surface area (Å²) in [5, 5.41) is 21.1. The monoisotopic (exact) mass is 316 g/mol. The Kier molecular flexibility index (Phi) is 3.72. The van der Waals surface area contributed by atoms with Crippen molar-refractivity contribution in [3.8, 4) is 0 Å². The Morgan fingerprint density at radius 2 is 1.94 bits per heavy atom. The van der Waals surface area contributed by atoms with Gasteiger partial charge in [0.25, 0.3) is 0 Å². The van der Waals surface area contributed by atoms with E-state index in [1.54, 1.807) is 0 Å². The molecule has 2 saturated carbocycles. The Hall–Kier alpha value is 0.140. The first-order chi connectivity index (χ1) is 8.20. The van der Waals surface area contributed by atoms with Gasteiger partial charge in [-0.15, -0.1) is 0 Å². The van der Waals surface area contributed by atoms with E-state index in [4.69, 9.17) is 0 Å². The van der Waals surface area contributed by atoms with Gasteiger partial charge in [0.2, 0.25) is 0 Å². The van der Waals surface area contributed by atoms with E-state index in [2.05, 4.69) is 29.4 Å². The number of hydrogen-bond acceptors (Lipinski definition) is 2. The summed E-state index contributed by atoms with van der Waals surface area (Å²) in [6.07, 6.45) is 3.38. The number of hydrogen-bond donors (Lipinski definition) is 2. The fraction of sp³-hybridized carbons (Fsp3) is 0.867. The zero-order valence-electron chi connectivity index (χ0n) is 11.6. The van der Waals surface area contributed by atoms with Gasteiger partial charge in [0.15, 0.2) is 0 Å². The summed E-state index contributed by atoms with van der Waals surface area (Å²) in [5.74, 6) is 0.290. The van der Waals surface area contributed by atoms with E-state index >= 15 is 0 Å². The van der Waals surface area contributed by atoms with E-state index in [0.717, 1.165) is 31.3 Å². The third kappa shape index (κ3) is 2.08. The van der Waals surface area contributed by atoms with Gasteiger partial charge in [0, 0.05) is 4.83 Å². The van der Waals surface area contributed by atoms with Crippen molar-refractivity contribution in [2.45, 2.75) is 63.0 Å². The summed E-state index contributed by atoms with van der Waals surface area (Å²) in [6, 6.07) is 0. The van der Waals surface area contributed by atoms with E-state index in [1.807, 2.05) is 13.8 Å². The molecule has 0 spiro atoms. The molecular weight excluding hydrogens is 292 g/mol. The van der Waals surface area contributed by atoms with Crippen LogP contribution >= 0.6 is 15.9 Å². The Morgan fingerprint density at radius 1 is 1.33 bits per heavy atom. The van der Waals surface area contributed by atoms with Crippen LogP contribution in [-0.4, -0.2) is 26.7 Å². The van der Waals surface area contributed by atoms with Crippen molar-refractivity contribution in [3.05, 3.63) is 12.2 Å². The van der Waals surface area contributed by atoms with Gasteiger partial charge in [-0.25, -0.2) is 0 Å². The summed E-state index contributed by atoms with van der Waals surface area (Å²) < 4.78 is 0. The van der Waals surface area contributed by atoms with Gasteiger partial charge in [0.1, 0.15) is 0 Å². The second-order valence-electron chi connectivity index (χ2n) is 6.84. The van der Waals surface area contributed by atoms with Gasteiger partial charge < -0.3 is 10.2 Å². The molecule has 0 radical (unpaired) electrons. The maximum Gasteiger partial charge on any atom is 0.0776 e. The molecule has 6 atom stereocenters. The Labute approximate surface area is 119 Å². The van der Waals surface area contributed by atoms with Crippen molar-refractivity contribution in [1.82, 2.24) is 0 Å². The lowest BCUT2D eigenvalue weighted by Gasteiger charge is -2.51. The van der Waals surface area contributed by atoms with Gasteiger partial charge in [-0.1, -0.05) is 35.0 Å². The predicted molar refractivity (Wildman–Crippen MR) is 77.7 cm³/mol. The molecule has 3 heteroatoms. The number of aliphatic hydroxyl groups is 2. The topological polar surface area (TPSA) is 40.5 Å².